The lowest BCUT2D eigenvalue weighted by Crippen LogP contribution is -2.14. The summed E-state index contributed by atoms with van der Waals surface area (Å²) in [6.45, 7) is 13.7. The molecular weight excluding hydrogens is 725 g/mol. The number of anilines is 6. The van der Waals surface area contributed by atoms with Gasteiger partial charge in [0.25, 0.3) is 0 Å². The van der Waals surface area contributed by atoms with Crippen LogP contribution in [0.25, 0.3) is 53.9 Å². The van der Waals surface area contributed by atoms with Gasteiger partial charge in [0.1, 0.15) is 0 Å². The summed E-state index contributed by atoms with van der Waals surface area (Å²) in [5, 5.41) is 12.6. The van der Waals surface area contributed by atoms with E-state index in [2.05, 4.69) is 245 Å². The van der Waals surface area contributed by atoms with Crippen LogP contribution in [0.15, 0.2) is 194 Å². The second-order valence-electron chi connectivity index (χ2n) is 18.2. The zero-order valence-electron chi connectivity index (χ0n) is 35.4. The predicted octanol–water partition coefficient (Wildman–Crippen LogP) is 17.0. The second-order valence-corrected chi connectivity index (χ2v) is 18.2. The van der Waals surface area contributed by atoms with Crippen LogP contribution in [0.2, 0.25) is 0 Å². The molecule has 0 bridgehead atoms. The quantitative estimate of drug-likeness (QED) is 0.155. The van der Waals surface area contributed by atoms with Gasteiger partial charge in [0.05, 0.1) is 0 Å². The lowest BCUT2D eigenvalue weighted by Gasteiger charge is -2.29. The van der Waals surface area contributed by atoms with E-state index < -0.39 is 0 Å². The number of rotatable bonds is 6. The molecule has 0 N–H and O–H groups in total. The zero-order valence-corrected chi connectivity index (χ0v) is 35.4. The highest BCUT2D eigenvalue weighted by molar-refractivity contribution is 6.39. The molecule has 0 spiro atoms. The largest absolute Gasteiger partial charge is 0.310 e. The van der Waals surface area contributed by atoms with E-state index in [4.69, 9.17) is 0 Å². The number of nitrogens with zero attached hydrogens (tertiary/aromatic N) is 2. The molecule has 10 aromatic rings. The maximum absolute atomic E-state index is 2.42. The average Bonchev–Trinajstić information content (AvgIpc) is 3.27. The van der Waals surface area contributed by atoms with E-state index in [0.717, 1.165) is 34.1 Å². The molecule has 292 valence electrons. The number of fused-ring (bicyclic) bond motifs is 11. The molecule has 60 heavy (non-hydrogen) atoms. The first-order valence-corrected chi connectivity index (χ1v) is 21.2. The van der Waals surface area contributed by atoms with Crippen molar-refractivity contribution >= 4 is 88.0 Å². The van der Waals surface area contributed by atoms with E-state index in [1.54, 1.807) is 0 Å². The van der Waals surface area contributed by atoms with Gasteiger partial charge in [-0.05, 0) is 149 Å². The van der Waals surface area contributed by atoms with Crippen LogP contribution in [0.4, 0.5) is 34.1 Å². The van der Waals surface area contributed by atoms with Crippen LogP contribution in [0.1, 0.15) is 52.7 Å². The van der Waals surface area contributed by atoms with Crippen LogP contribution in [-0.2, 0) is 10.8 Å². The van der Waals surface area contributed by atoms with Crippen molar-refractivity contribution in [3.05, 3.63) is 205 Å². The Morgan fingerprint density at radius 1 is 0.250 bits per heavy atom. The van der Waals surface area contributed by atoms with Crippen LogP contribution >= 0.6 is 0 Å². The maximum Gasteiger partial charge on any atom is 0.0468 e. The molecule has 0 aliphatic carbocycles. The standard InChI is InChI=1S/C58H50N2/c1-57(2,3)39-19-17-25-43(35-39)59(41-21-9-7-10-22-41)45-31-33-51-53(37-45)47-27-13-15-29-49(47)56-52-34-32-46(38-54(52)48-28-14-16-30-50(48)55(51)56)60(42-23-11-8-12-24-42)44-26-18-20-40(36-44)58(4,5)6/h7-38H,1-6H3. The van der Waals surface area contributed by atoms with Crippen molar-refractivity contribution in [1.82, 2.24) is 0 Å². The average molecular weight is 775 g/mol. The molecule has 2 heteroatoms. The molecule has 0 heterocycles. The van der Waals surface area contributed by atoms with Gasteiger partial charge in [0.2, 0.25) is 0 Å². The van der Waals surface area contributed by atoms with E-state index in [-0.39, 0.29) is 10.8 Å². The van der Waals surface area contributed by atoms with Crippen molar-refractivity contribution < 1.29 is 0 Å². The molecule has 10 aromatic carbocycles. The summed E-state index contributed by atoms with van der Waals surface area (Å²) in [7, 11) is 0. The van der Waals surface area contributed by atoms with Crippen LogP contribution in [0.5, 0.6) is 0 Å². The van der Waals surface area contributed by atoms with Gasteiger partial charge in [-0.2, -0.15) is 0 Å². The highest BCUT2D eigenvalue weighted by Crippen LogP contribution is 2.48. The van der Waals surface area contributed by atoms with Gasteiger partial charge in [-0.15, -0.1) is 0 Å². The SMILES string of the molecule is CC(C)(C)c1cccc(N(c2ccccc2)c2ccc3c(c2)c2ccccc2c2c4ccc(N(c5ccccc5)c5cccc(C(C)(C)C)c5)cc4c4ccccc4c32)c1. The summed E-state index contributed by atoms with van der Waals surface area (Å²) >= 11 is 0. The third-order valence-electron chi connectivity index (χ3n) is 12.3. The van der Waals surface area contributed by atoms with Gasteiger partial charge >= 0.3 is 0 Å². The highest BCUT2D eigenvalue weighted by Gasteiger charge is 2.23. The molecule has 10 rings (SSSR count). The van der Waals surface area contributed by atoms with Gasteiger partial charge < -0.3 is 9.80 Å². The van der Waals surface area contributed by atoms with Crippen LogP contribution in [0.3, 0.4) is 0 Å². The highest BCUT2D eigenvalue weighted by atomic mass is 15.1. The Bertz CT molecular complexity index is 3000. The van der Waals surface area contributed by atoms with Crippen molar-refractivity contribution in [1.29, 1.82) is 0 Å². The topological polar surface area (TPSA) is 6.48 Å². The number of benzene rings is 10. The Hall–Kier alpha value is -6.90. The smallest absolute Gasteiger partial charge is 0.0468 e. The third-order valence-corrected chi connectivity index (χ3v) is 12.3. The normalized spacial score (nSPS) is 12.2. The molecule has 0 saturated carbocycles. The van der Waals surface area contributed by atoms with E-state index in [1.807, 2.05) is 0 Å². The summed E-state index contributed by atoms with van der Waals surface area (Å²) in [5.74, 6) is 0. The molecule has 0 radical (unpaired) electrons. The minimum atomic E-state index is 0.0264. The third kappa shape index (κ3) is 6.44. The lowest BCUT2D eigenvalue weighted by atomic mass is 9.86. The van der Waals surface area contributed by atoms with Crippen molar-refractivity contribution in [2.24, 2.45) is 0 Å². The zero-order chi connectivity index (χ0) is 41.2. The van der Waals surface area contributed by atoms with Gasteiger partial charge in [-0.25, -0.2) is 0 Å². The number of hydrogen-bond donors (Lipinski definition) is 0. The van der Waals surface area contributed by atoms with Crippen molar-refractivity contribution in [2.75, 3.05) is 9.80 Å². The molecule has 0 amide bonds. The first-order valence-electron chi connectivity index (χ1n) is 21.2. The molecule has 2 nitrogen and oxygen atoms in total. The summed E-state index contributed by atoms with van der Waals surface area (Å²) in [5.41, 5.74) is 9.52. The van der Waals surface area contributed by atoms with E-state index >= 15 is 0 Å². The molecule has 0 atom stereocenters. The van der Waals surface area contributed by atoms with Crippen molar-refractivity contribution in [3.63, 3.8) is 0 Å². The molecule has 0 unspecified atom stereocenters. The molecule has 0 aromatic heterocycles. The minimum absolute atomic E-state index is 0.0264. The second kappa shape index (κ2) is 14.4. The Balaban J connectivity index is 1.24. The Morgan fingerprint density at radius 3 is 0.950 bits per heavy atom. The predicted molar refractivity (Wildman–Crippen MR) is 261 cm³/mol. The maximum atomic E-state index is 2.42. The van der Waals surface area contributed by atoms with Crippen LogP contribution in [-0.4, -0.2) is 0 Å². The molecule has 0 aliphatic heterocycles. The minimum Gasteiger partial charge on any atom is -0.310 e. The molecular formula is C58H50N2. The number of para-hydroxylation sites is 2. The lowest BCUT2D eigenvalue weighted by molar-refractivity contribution is 0.590. The number of hydrogen-bond acceptors (Lipinski definition) is 2. The Morgan fingerprint density at radius 2 is 0.567 bits per heavy atom. The van der Waals surface area contributed by atoms with Crippen LogP contribution in [0, 0.1) is 0 Å². The summed E-state index contributed by atoms with van der Waals surface area (Å²) in [6.07, 6.45) is 0. The van der Waals surface area contributed by atoms with E-state index in [0.29, 0.717) is 0 Å². The Kier molecular flexibility index (Phi) is 8.99. The van der Waals surface area contributed by atoms with Gasteiger partial charge in [0, 0.05) is 34.1 Å². The fraction of sp³-hybridized carbons (Fsp3) is 0.138. The molecule has 0 saturated heterocycles. The first kappa shape index (κ1) is 37.4. The van der Waals surface area contributed by atoms with Crippen LogP contribution < -0.4 is 9.80 Å². The summed E-state index contributed by atoms with van der Waals surface area (Å²) < 4.78 is 0. The molecule has 0 fully saturated rings. The van der Waals surface area contributed by atoms with E-state index in [1.165, 1.54) is 65.0 Å². The van der Waals surface area contributed by atoms with Gasteiger partial charge in [0.15, 0.2) is 0 Å². The Labute approximate surface area is 354 Å². The fourth-order valence-electron chi connectivity index (χ4n) is 9.20. The van der Waals surface area contributed by atoms with Crippen molar-refractivity contribution in [2.45, 2.75) is 52.4 Å². The monoisotopic (exact) mass is 774 g/mol. The van der Waals surface area contributed by atoms with Gasteiger partial charge in [-0.1, -0.05) is 163 Å². The summed E-state index contributed by atoms with van der Waals surface area (Å²) in [4.78, 5) is 4.81. The van der Waals surface area contributed by atoms with Crippen molar-refractivity contribution in [3.8, 4) is 0 Å². The fourth-order valence-corrected chi connectivity index (χ4v) is 9.20. The first-order chi connectivity index (χ1) is 29.0. The van der Waals surface area contributed by atoms with Gasteiger partial charge in [-0.3, -0.25) is 0 Å². The molecule has 0 aliphatic rings. The van der Waals surface area contributed by atoms with E-state index in [9.17, 15) is 0 Å². The summed E-state index contributed by atoms with van der Waals surface area (Å²) in [6, 6.07) is 71.8.